The van der Waals surface area contributed by atoms with E-state index in [-0.39, 0.29) is 0 Å². The first-order chi connectivity index (χ1) is 8.08. The topological polar surface area (TPSA) is 12.0 Å². The van der Waals surface area contributed by atoms with Gasteiger partial charge < -0.3 is 5.32 Å². The van der Waals surface area contributed by atoms with Crippen molar-refractivity contribution in [1.82, 2.24) is 5.32 Å². The van der Waals surface area contributed by atoms with Gasteiger partial charge >= 0.3 is 0 Å². The molecule has 1 aliphatic rings. The van der Waals surface area contributed by atoms with Gasteiger partial charge in [-0.2, -0.15) is 0 Å². The van der Waals surface area contributed by atoms with E-state index in [1.54, 1.807) is 11.3 Å². The molecule has 1 N–H and O–H groups in total. The van der Waals surface area contributed by atoms with E-state index in [0.717, 1.165) is 16.2 Å². The Kier molecular flexibility index (Phi) is 4.51. The summed E-state index contributed by atoms with van der Waals surface area (Å²) < 4.78 is 0.887. The molecule has 0 saturated heterocycles. The summed E-state index contributed by atoms with van der Waals surface area (Å²) in [4.78, 5) is 1.35. The lowest BCUT2D eigenvalue weighted by Gasteiger charge is -2.37. The van der Waals surface area contributed by atoms with Crippen molar-refractivity contribution in [3.8, 4) is 0 Å². The molecular weight excluding hydrogens is 250 g/mol. The fourth-order valence-corrected chi connectivity index (χ4v) is 4.01. The molecule has 0 aliphatic heterocycles. The molecule has 0 radical (unpaired) electrons. The Morgan fingerprint density at radius 3 is 2.47 bits per heavy atom. The minimum Gasteiger partial charge on any atom is -0.306 e. The molecule has 0 spiro atoms. The van der Waals surface area contributed by atoms with Gasteiger partial charge in [0, 0.05) is 17.0 Å². The molecule has 2 rings (SSSR count). The number of rotatable bonds is 3. The van der Waals surface area contributed by atoms with Gasteiger partial charge in [-0.05, 0) is 43.7 Å². The zero-order valence-corrected chi connectivity index (χ0v) is 12.4. The van der Waals surface area contributed by atoms with Crippen LogP contribution in [0.1, 0.15) is 51.0 Å². The van der Waals surface area contributed by atoms with E-state index < -0.39 is 0 Å². The Bertz CT molecular complexity index is 353. The first-order valence-electron chi connectivity index (χ1n) is 6.59. The lowest BCUT2D eigenvalue weighted by molar-refractivity contribution is 0.196. The summed E-state index contributed by atoms with van der Waals surface area (Å²) in [5.41, 5.74) is 0. The standard InChI is InChI=1S/C14H22ClNS/c1-9-5-4-6-10(2)14(9)16-11(3)12-7-8-13(15)17-12/h7-11,14,16H,4-6H2,1-3H3. The average Bonchev–Trinajstić information content (AvgIpc) is 2.70. The van der Waals surface area contributed by atoms with Crippen LogP contribution in [0.5, 0.6) is 0 Å². The van der Waals surface area contributed by atoms with Gasteiger partial charge in [0.25, 0.3) is 0 Å². The van der Waals surface area contributed by atoms with Crippen LogP contribution in [0.3, 0.4) is 0 Å². The third kappa shape index (κ3) is 3.24. The Morgan fingerprint density at radius 1 is 1.29 bits per heavy atom. The fourth-order valence-electron chi connectivity index (χ4n) is 2.94. The Morgan fingerprint density at radius 2 is 1.94 bits per heavy atom. The zero-order valence-electron chi connectivity index (χ0n) is 10.9. The summed E-state index contributed by atoms with van der Waals surface area (Å²) in [5, 5.41) is 3.80. The molecule has 3 unspecified atom stereocenters. The smallest absolute Gasteiger partial charge is 0.0931 e. The van der Waals surface area contributed by atoms with Crippen molar-refractivity contribution < 1.29 is 0 Å². The van der Waals surface area contributed by atoms with Gasteiger partial charge in [0.1, 0.15) is 0 Å². The molecule has 1 aromatic rings. The normalized spacial score (nSPS) is 31.4. The average molecular weight is 272 g/mol. The highest BCUT2D eigenvalue weighted by molar-refractivity contribution is 7.16. The number of thiophene rings is 1. The van der Waals surface area contributed by atoms with Crippen LogP contribution in [0, 0.1) is 11.8 Å². The van der Waals surface area contributed by atoms with Gasteiger partial charge in [0.15, 0.2) is 0 Å². The van der Waals surface area contributed by atoms with Crippen molar-refractivity contribution in [1.29, 1.82) is 0 Å². The van der Waals surface area contributed by atoms with Gasteiger partial charge in [-0.25, -0.2) is 0 Å². The molecule has 0 bridgehead atoms. The quantitative estimate of drug-likeness (QED) is 0.826. The molecule has 3 atom stereocenters. The highest BCUT2D eigenvalue weighted by atomic mass is 35.5. The predicted octanol–water partition coefficient (Wildman–Crippen LogP) is 4.88. The van der Waals surface area contributed by atoms with Gasteiger partial charge in [-0.1, -0.05) is 31.9 Å². The van der Waals surface area contributed by atoms with Crippen LogP contribution in [0.2, 0.25) is 4.34 Å². The molecule has 1 aromatic heterocycles. The van der Waals surface area contributed by atoms with Crippen LogP contribution in [-0.2, 0) is 0 Å². The number of hydrogen-bond donors (Lipinski definition) is 1. The highest BCUT2D eigenvalue weighted by Crippen LogP contribution is 2.32. The largest absolute Gasteiger partial charge is 0.306 e. The first-order valence-corrected chi connectivity index (χ1v) is 7.78. The molecular formula is C14H22ClNS. The van der Waals surface area contributed by atoms with Crippen molar-refractivity contribution in [2.45, 2.75) is 52.1 Å². The molecule has 0 aromatic carbocycles. The predicted molar refractivity (Wildman–Crippen MR) is 76.8 cm³/mol. The summed E-state index contributed by atoms with van der Waals surface area (Å²) in [6.07, 6.45) is 4.11. The second-order valence-electron chi connectivity index (χ2n) is 5.44. The maximum absolute atomic E-state index is 6.00. The zero-order chi connectivity index (χ0) is 12.4. The van der Waals surface area contributed by atoms with Crippen LogP contribution in [0.4, 0.5) is 0 Å². The van der Waals surface area contributed by atoms with Gasteiger partial charge in [0.2, 0.25) is 0 Å². The van der Waals surface area contributed by atoms with Crippen molar-refractivity contribution >= 4 is 22.9 Å². The van der Waals surface area contributed by atoms with Gasteiger partial charge in [-0.3, -0.25) is 0 Å². The molecule has 17 heavy (non-hydrogen) atoms. The molecule has 1 aliphatic carbocycles. The van der Waals surface area contributed by atoms with Gasteiger partial charge in [-0.15, -0.1) is 11.3 Å². The second kappa shape index (κ2) is 5.73. The maximum atomic E-state index is 6.00. The van der Waals surface area contributed by atoms with Crippen LogP contribution >= 0.6 is 22.9 Å². The molecule has 96 valence electrons. The summed E-state index contributed by atoms with van der Waals surface area (Å²) in [6.45, 7) is 7.00. The molecule has 1 heterocycles. The summed E-state index contributed by atoms with van der Waals surface area (Å²) in [7, 11) is 0. The van der Waals surface area contributed by atoms with E-state index in [0.29, 0.717) is 12.1 Å². The Labute approximate surface area is 114 Å². The highest BCUT2D eigenvalue weighted by Gasteiger charge is 2.28. The molecule has 0 amide bonds. The minimum atomic E-state index is 0.417. The third-order valence-corrected chi connectivity index (χ3v) is 5.42. The second-order valence-corrected chi connectivity index (χ2v) is 7.19. The molecule has 1 saturated carbocycles. The minimum absolute atomic E-state index is 0.417. The number of halogens is 1. The van der Waals surface area contributed by atoms with E-state index in [1.165, 1.54) is 24.1 Å². The number of nitrogens with one attached hydrogen (secondary N) is 1. The lowest BCUT2D eigenvalue weighted by atomic mass is 9.78. The van der Waals surface area contributed by atoms with Crippen molar-refractivity contribution in [2.24, 2.45) is 11.8 Å². The van der Waals surface area contributed by atoms with Crippen molar-refractivity contribution in [3.63, 3.8) is 0 Å². The Hall–Kier alpha value is -0.0500. The van der Waals surface area contributed by atoms with Crippen LogP contribution < -0.4 is 5.32 Å². The lowest BCUT2D eigenvalue weighted by Crippen LogP contribution is -2.43. The molecule has 3 heteroatoms. The third-order valence-electron chi connectivity index (χ3n) is 4.01. The summed E-state index contributed by atoms with van der Waals surface area (Å²) in [5.74, 6) is 1.58. The summed E-state index contributed by atoms with van der Waals surface area (Å²) in [6, 6.07) is 5.20. The van der Waals surface area contributed by atoms with Gasteiger partial charge in [0.05, 0.1) is 4.34 Å². The van der Waals surface area contributed by atoms with E-state index >= 15 is 0 Å². The maximum Gasteiger partial charge on any atom is 0.0931 e. The Balaban J connectivity index is 1.99. The van der Waals surface area contributed by atoms with Crippen LogP contribution in [0.15, 0.2) is 12.1 Å². The van der Waals surface area contributed by atoms with Crippen molar-refractivity contribution in [3.05, 3.63) is 21.3 Å². The number of hydrogen-bond acceptors (Lipinski definition) is 2. The SMILES string of the molecule is CC(NC1C(C)CCCC1C)c1ccc(Cl)s1. The fraction of sp³-hybridized carbons (Fsp3) is 0.714. The first kappa shape index (κ1) is 13.4. The van der Waals surface area contributed by atoms with E-state index in [4.69, 9.17) is 11.6 Å². The van der Waals surface area contributed by atoms with E-state index in [9.17, 15) is 0 Å². The molecule has 1 fully saturated rings. The van der Waals surface area contributed by atoms with Crippen molar-refractivity contribution in [2.75, 3.05) is 0 Å². The van der Waals surface area contributed by atoms with Crippen LogP contribution in [0.25, 0.3) is 0 Å². The summed E-state index contributed by atoms with van der Waals surface area (Å²) >= 11 is 7.69. The van der Waals surface area contributed by atoms with E-state index in [2.05, 4.69) is 32.2 Å². The van der Waals surface area contributed by atoms with E-state index in [1.807, 2.05) is 6.07 Å². The van der Waals surface area contributed by atoms with Crippen LogP contribution in [-0.4, -0.2) is 6.04 Å². The molecule has 1 nitrogen and oxygen atoms in total. The monoisotopic (exact) mass is 271 g/mol.